The van der Waals surface area contributed by atoms with Crippen LogP contribution in [0, 0.1) is 0 Å². The molecule has 2 rings (SSSR count). The summed E-state index contributed by atoms with van der Waals surface area (Å²) in [7, 11) is 0. The first-order chi connectivity index (χ1) is 7.41. The van der Waals surface area contributed by atoms with Crippen LogP contribution in [0.2, 0.25) is 5.02 Å². The summed E-state index contributed by atoms with van der Waals surface area (Å²) >= 11 is 5.64. The molecule has 0 saturated carbocycles. The number of fused-ring (bicyclic) bond motifs is 1. The van der Waals surface area contributed by atoms with Crippen LogP contribution >= 0.6 is 11.6 Å². The van der Waals surface area contributed by atoms with Gasteiger partial charge in [0, 0.05) is 12.4 Å². The lowest BCUT2D eigenvalue weighted by Gasteiger charge is -2.22. The highest BCUT2D eigenvalue weighted by atomic mass is 35.5. The Morgan fingerprint density at radius 1 is 1.19 bits per heavy atom. The smallest absolute Gasteiger partial charge is 0.397 e. The third-order valence-corrected chi connectivity index (χ3v) is 2.46. The zero-order chi connectivity index (χ0) is 11.9. The maximum Gasteiger partial charge on any atom is 0.420 e. The molecule has 0 aromatic heterocycles. The van der Waals surface area contributed by atoms with Crippen molar-refractivity contribution in [3.05, 3.63) is 29.1 Å². The Balaban J connectivity index is 2.71. The standard InChI is InChI=1S/C9H7ClF3N3/c10-4-3-5-8(16-2-1-15-5)6(7(4)14)9(11,12)13/h1-3,15-16H,14H2. The van der Waals surface area contributed by atoms with Crippen LogP contribution in [0.3, 0.4) is 0 Å². The second kappa shape index (κ2) is 3.48. The highest BCUT2D eigenvalue weighted by Crippen LogP contribution is 2.46. The third-order valence-electron chi connectivity index (χ3n) is 2.15. The topological polar surface area (TPSA) is 50.1 Å². The lowest BCUT2D eigenvalue weighted by molar-refractivity contribution is -0.136. The van der Waals surface area contributed by atoms with Gasteiger partial charge in [0.2, 0.25) is 0 Å². The van der Waals surface area contributed by atoms with Crippen molar-refractivity contribution in [1.82, 2.24) is 0 Å². The van der Waals surface area contributed by atoms with Crippen LogP contribution in [0.5, 0.6) is 0 Å². The number of nitrogen functional groups attached to an aromatic ring is 1. The van der Waals surface area contributed by atoms with E-state index in [1.165, 1.54) is 18.5 Å². The fraction of sp³-hybridized carbons (Fsp3) is 0.111. The molecule has 1 aliphatic rings. The van der Waals surface area contributed by atoms with E-state index in [0.29, 0.717) is 0 Å². The molecule has 0 saturated heterocycles. The van der Waals surface area contributed by atoms with Crippen LogP contribution < -0.4 is 16.4 Å². The molecule has 0 atom stereocenters. The van der Waals surface area contributed by atoms with Crippen molar-refractivity contribution >= 4 is 28.7 Å². The Morgan fingerprint density at radius 2 is 1.81 bits per heavy atom. The van der Waals surface area contributed by atoms with Crippen molar-refractivity contribution in [1.29, 1.82) is 0 Å². The summed E-state index contributed by atoms with van der Waals surface area (Å²) in [6.45, 7) is 0. The highest BCUT2D eigenvalue weighted by molar-refractivity contribution is 6.34. The first-order valence-electron chi connectivity index (χ1n) is 4.28. The molecule has 0 aliphatic carbocycles. The average Bonchev–Trinajstić information content (AvgIpc) is 2.17. The van der Waals surface area contributed by atoms with Crippen LogP contribution in [0.4, 0.5) is 30.2 Å². The van der Waals surface area contributed by atoms with Gasteiger partial charge in [-0.05, 0) is 6.07 Å². The van der Waals surface area contributed by atoms with Crippen LogP contribution in [0.15, 0.2) is 18.5 Å². The molecular formula is C9H7ClF3N3. The fourth-order valence-corrected chi connectivity index (χ4v) is 1.68. The molecule has 0 radical (unpaired) electrons. The molecule has 1 aromatic carbocycles. The van der Waals surface area contributed by atoms with Crippen molar-refractivity contribution < 1.29 is 13.2 Å². The molecule has 0 unspecified atom stereocenters. The number of benzene rings is 1. The van der Waals surface area contributed by atoms with Gasteiger partial charge in [0.15, 0.2) is 0 Å². The number of halogens is 4. The molecule has 3 nitrogen and oxygen atoms in total. The average molecular weight is 250 g/mol. The van der Waals surface area contributed by atoms with E-state index in [9.17, 15) is 13.2 Å². The molecular weight excluding hydrogens is 243 g/mol. The summed E-state index contributed by atoms with van der Waals surface area (Å²) in [6, 6.07) is 1.35. The molecule has 86 valence electrons. The molecule has 1 heterocycles. The second-order valence-electron chi connectivity index (χ2n) is 3.19. The van der Waals surface area contributed by atoms with Gasteiger partial charge in [0.05, 0.1) is 22.1 Å². The van der Waals surface area contributed by atoms with Crippen LogP contribution in [-0.4, -0.2) is 0 Å². The minimum Gasteiger partial charge on any atom is -0.397 e. The van der Waals surface area contributed by atoms with Gasteiger partial charge in [0.25, 0.3) is 0 Å². The predicted molar refractivity (Wildman–Crippen MR) is 57.3 cm³/mol. The van der Waals surface area contributed by atoms with Crippen molar-refractivity contribution in [3.63, 3.8) is 0 Å². The summed E-state index contributed by atoms with van der Waals surface area (Å²) in [5.74, 6) is 0. The van der Waals surface area contributed by atoms with Gasteiger partial charge in [-0.15, -0.1) is 0 Å². The van der Waals surface area contributed by atoms with Gasteiger partial charge in [-0.25, -0.2) is 0 Å². The summed E-state index contributed by atoms with van der Waals surface area (Å²) in [4.78, 5) is 0. The second-order valence-corrected chi connectivity index (χ2v) is 3.60. The van der Waals surface area contributed by atoms with Crippen LogP contribution in [0.1, 0.15) is 5.56 Å². The molecule has 7 heteroatoms. The van der Waals surface area contributed by atoms with E-state index in [2.05, 4.69) is 10.6 Å². The van der Waals surface area contributed by atoms with Crippen molar-refractivity contribution in [2.45, 2.75) is 6.18 Å². The maximum atomic E-state index is 12.8. The van der Waals surface area contributed by atoms with Crippen LogP contribution in [0.25, 0.3) is 0 Å². The lowest BCUT2D eigenvalue weighted by atomic mass is 10.1. The van der Waals surface area contributed by atoms with Gasteiger partial charge in [-0.3, -0.25) is 0 Å². The van der Waals surface area contributed by atoms with Gasteiger partial charge in [-0.2, -0.15) is 13.2 Å². The Bertz CT molecular complexity index is 468. The van der Waals surface area contributed by atoms with E-state index < -0.39 is 17.4 Å². The van der Waals surface area contributed by atoms with E-state index in [1.807, 2.05) is 0 Å². The number of hydrogen-bond donors (Lipinski definition) is 3. The molecule has 16 heavy (non-hydrogen) atoms. The minimum absolute atomic E-state index is 0.114. The molecule has 4 N–H and O–H groups in total. The Kier molecular flexibility index (Phi) is 2.38. The zero-order valence-corrected chi connectivity index (χ0v) is 8.58. The Labute approximate surface area is 94.1 Å². The van der Waals surface area contributed by atoms with E-state index in [4.69, 9.17) is 17.3 Å². The first kappa shape index (κ1) is 10.9. The van der Waals surface area contributed by atoms with E-state index in [0.717, 1.165) is 0 Å². The minimum atomic E-state index is -4.56. The zero-order valence-electron chi connectivity index (χ0n) is 7.82. The normalized spacial score (nSPS) is 14.0. The quantitative estimate of drug-likeness (QED) is 0.619. The predicted octanol–water partition coefficient (Wildman–Crippen LogP) is 3.25. The van der Waals surface area contributed by atoms with Crippen LogP contribution in [-0.2, 0) is 6.18 Å². The van der Waals surface area contributed by atoms with Gasteiger partial charge in [-0.1, -0.05) is 11.6 Å². The summed E-state index contributed by atoms with van der Waals surface area (Å²) in [6.07, 6.45) is -1.74. The van der Waals surface area contributed by atoms with Gasteiger partial charge >= 0.3 is 6.18 Å². The molecule has 1 aromatic rings. The van der Waals surface area contributed by atoms with E-state index in [-0.39, 0.29) is 16.4 Å². The molecule has 0 fully saturated rings. The maximum absolute atomic E-state index is 12.8. The lowest BCUT2D eigenvalue weighted by Crippen LogP contribution is -2.15. The van der Waals surface area contributed by atoms with Crippen molar-refractivity contribution in [3.8, 4) is 0 Å². The number of rotatable bonds is 0. The number of hydrogen-bond acceptors (Lipinski definition) is 3. The SMILES string of the molecule is Nc1c(Cl)cc2c(c1C(F)(F)F)NC=CN2. The molecule has 0 amide bonds. The summed E-state index contributed by atoms with van der Waals surface area (Å²) in [5, 5.41) is 5.04. The molecule has 0 bridgehead atoms. The van der Waals surface area contributed by atoms with Gasteiger partial charge in [0.1, 0.15) is 5.56 Å². The van der Waals surface area contributed by atoms with Crippen molar-refractivity contribution in [2.75, 3.05) is 16.4 Å². The largest absolute Gasteiger partial charge is 0.420 e. The fourth-order valence-electron chi connectivity index (χ4n) is 1.48. The first-order valence-corrected chi connectivity index (χ1v) is 4.66. The summed E-state index contributed by atoms with van der Waals surface area (Å²) < 4.78 is 38.4. The Morgan fingerprint density at radius 3 is 2.44 bits per heavy atom. The van der Waals surface area contributed by atoms with E-state index >= 15 is 0 Å². The number of anilines is 3. The Hall–Kier alpha value is -1.56. The number of alkyl halides is 3. The third kappa shape index (κ3) is 1.65. The molecule has 0 spiro atoms. The summed E-state index contributed by atoms with van der Waals surface area (Å²) in [5.41, 5.74) is 4.05. The number of nitrogens with one attached hydrogen (secondary N) is 2. The van der Waals surface area contributed by atoms with Crippen molar-refractivity contribution in [2.24, 2.45) is 0 Å². The highest BCUT2D eigenvalue weighted by Gasteiger charge is 2.38. The molecule has 1 aliphatic heterocycles. The van der Waals surface area contributed by atoms with E-state index in [1.54, 1.807) is 0 Å². The van der Waals surface area contributed by atoms with Gasteiger partial charge < -0.3 is 16.4 Å². The number of nitrogens with two attached hydrogens (primary N) is 1. The monoisotopic (exact) mass is 249 g/mol.